The van der Waals surface area contributed by atoms with Gasteiger partial charge in [-0.05, 0) is 32.8 Å². The van der Waals surface area contributed by atoms with Gasteiger partial charge in [-0.25, -0.2) is 0 Å². The van der Waals surface area contributed by atoms with Crippen molar-refractivity contribution >= 4 is 0 Å². The van der Waals surface area contributed by atoms with E-state index in [1.165, 1.54) is 16.7 Å². The van der Waals surface area contributed by atoms with Gasteiger partial charge in [0.05, 0.1) is 12.7 Å². The van der Waals surface area contributed by atoms with Gasteiger partial charge in [0.25, 0.3) is 0 Å². The van der Waals surface area contributed by atoms with Crippen LogP contribution in [0.25, 0.3) is 0 Å². The van der Waals surface area contributed by atoms with Gasteiger partial charge in [-0.1, -0.05) is 36.2 Å². The fourth-order valence-corrected chi connectivity index (χ4v) is 3.27. The second-order valence-electron chi connectivity index (χ2n) is 6.08. The third-order valence-electron chi connectivity index (χ3n) is 4.23. The maximum atomic E-state index is 6.12. The van der Waals surface area contributed by atoms with Gasteiger partial charge in [0, 0.05) is 25.2 Å². The Bertz CT molecular complexity index is 426. The largest absolute Gasteiger partial charge is 0.376 e. The molecule has 0 amide bonds. The zero-order valence-corrected chi connectivity index (χ0v) is 13.2. The van der Waals surface area contributed by atoms with E-state index in [2.05, 4.69) is 50.8 Å². The minimum atomic E-state index is 0.290. The Balaban J connectivity index is 2.29. The molecule has 3 unspecified atom stereocenters. The molecule has 2 N–H and O–H groups in total. The molecule has 1 aliphatic rings. The lowest BCUT2D eigenvalue weighted by atomic mass is 9.97. The van der Waals surface area contributed by atoms with Gasteiger partial charge in [-0.3, -0.25) is 4.90 Å². The summed E-state index contributed by atoms with van der Waals surface area (Å²) >= 11 is 0. The van der Waals surface area contributed by atoms with Crippen LogP contribution in [-0.2, 0) is 4.74 Å². The highest BCUT2D eigenvalue weighted by molar-refractivity contribution is 5.31. The lowest BCUT2D eigenvalue weighted by molar-refractivity contribution is -0.0719. The molecule has 1 fully saturated rings. The molecular formula is C17H28N2O. The molecule has 20 heavy (non-hydrogen) atoms. The minimum Gasteiger partial charge on any atom is -0.376 e. The highest BCUT2D eigenvalue weighted by Crippen LogP contribution is 2.28. The van der Waals surface area contributed by atoms with Crippen molar-refractivity contribution in [3.63, 3.8) is 0 Å². The Morgan fingerprint density at radius 1 is 1.30 bits per heavy atom. The van der Waals surface area contributed by atoms with Crippen molar-refractivity contribution in [3.8, 4) is 0 Å². The van der Waals surface area contributed by atoms with Gasteiger partial charge in [-0.15, -0.1) is 0 Å². The summed E-state index contributed by atoms with van der Waals surface area (Å²) < 4.78 is 5.81. The number of aryl methyl sites for hydroxylation is 2. The Morgan fingerprint density at radius 2 is 1.95 bits per heavy atom. The van der Waals surface area contributed by atoms with E-state index in [0.29, 0.717) is 18.6 Å². The van der Waals surface area contributed by atoms with Crippen molar-refractivity contribution in [2.45, 2.75) is 52.3 Å². The molecule has 1 saturated heterocycles. The summed E-state index contributed by atoms with van der Waals surface area (Å²) in [7, 11) is 0. The lowest BCUT2D eigenvalue weighted by Crippen LogP contribution is -2.51. The van der Waals surface area contributed by atoms with E-state index in [9.17, 15) is 0 Å². The van der Waals surface area contributed by atoms with E-state index in [1.54, 1.807) is 0 Å². The summed E-state index contributed by atoms with van der Waals surface area (Å²) in [6, 6.07) is 7.54. The topological polar surface area (TPSA) is 38.5 Å². The lowest BCUT2D eigenvalue weighted by Gasteiger charge is -2.43. The molecule has 0 bridgehead atoms. The maximum absolute atomic E-state index is 6.12. The van der Waals surface area contributed by atoms with E-state index in [0.717, 1.165) is 19.6 Å². The first kappa shape index (κ1) is 15.5. The zero-order chi connectivity index (χ0) is 14.7. The van der Waals surface area contributed by atoms with Gasteiger partial charge < -0.3 is 10.5 Å². The molecule has 0 radical (unpaired) electrons. The molecule has 112 valence electrons. The molecule has 1 aromatic carbocycles. The average Bonchev–Trinajstić information content (AvgIpc) is 2.39. The molecule has 0 spiro atoms. The molecule has 1 aliphatic heterocycles. The first-order valence-corrected chi connectivity index (χ1v) is 7.70. The molecule has 1 aromatic rings. The third kappa shape index (κ3) is 3.40. The van der Waals surface area contributed by atoms with E-state index in [1.807, 2.05) is 0 Å². The van der Waals surface area contributed by atoms with E-state index >= 15 is 0 Å². The molecule has 3 nitrogen and oxygen atoms in total. The smallest absolute Gasteiger partial charge is 0.0675 e. The van der Waals surface area contributed by atoms with E-state index < -0.39 is 0 Å². The van der Waals surface area contributed by atoms with Gasteiger partial charge in [0.15, 0.2) is 0 Å². The van der Waals surface area contributed by atoms with Crippen LogP contribution in [-0.4, -0.2) is 36.7 Å². The number of rotatable bonds is 4. The Morgan fingerprint density at radius 3 is 2.50 bits per heavy atom. The average molecular weight is 276 g/mol. The van der Waals surface area contributed by atoms with Crippen molar-refractivity contribution in [2.24, 2.45) is 5.73 Å². The van der Waals surface area contributed by atoms with Crippen LogP contribution >= 0.6 is 0 Å². The summed E-state index contributed by atoms with van der Waals surface area (Å²) in [5, 5.41) is 0. The first-order chi connectivity index (χ1) is 9.55. The molecule has 1 heterocycles. The van der Waals surface area contributed by atoms with Crippen LogP contribution in [0, 0.1) is 13.8 Å². The molecular weight excluding hydrogens is 248 g/mol. The minimum absolute atomic E-state index is 0.290. The van der Waals surface area contributed by atoms with Crippen LogP contribution in [0.3, 0.4) is 0 Å². The summed E-state index contributed by atoms with van der Waals surface area (Å²) in [4.78, 5) is 2.54. The quantitative estimate of drug-likeness (QED) is 0.919. The van der Waals surface area contributed by atoms with Crippen molar-refractivity contribution < 1.29 is 4.74 Å². The Hall–Kier alpha value is -0.900. The van der Waals surface area contributed by atoms with Crippen LogP contribution in [0.1, 0.15) is 43.0 Å². The fourth-order valence-electron chi connectivity index (χ4n) is 3.27. The number of nitrogens with zero attached hydrogens (tertiary/aromatic N) is 1. The van der Waals surface area contributed by atoms with Gasteiger partial charge in [0.1, 0.15) is 0 Å². The highest BCUT2D eigenvalue weighted by atomic mass is 16.5. The Kier molecular flexibility index (Phi) is 5.19. The number of hydrogen-bond acceptors (Lipinski definition) is 3. The predicted octanol–water partition coefficient (Wildman–Crippen LogP) is 2.80. The van der Waals surface area contributed by atoms with Crippen molar-refractivity contribution in [1.82, 2.24) is 4.90 Å². The SMILES string of the molecule is CCC1COC(C)CN1C(CN)c1cc(C)cc(C)c1. The number of benzene rings is 1. The molecule has 2 rings (SSSR count). The van der Waals surface area contributed by atoms with Crippen LogP contribution in [0.4, 0.5) is 0 Å². The number of hydrogen-bond donors (Lipinski definition) is 1. The second-order valence-corrected chi connectivity index (χ2v) is 6.08. The van der Waals surface area contributed by atoms with Crippen LogP contribution in [0.5, 0.6) is 0 Å². The molecule has 3 atom stereocenters. The summed E-state index contributed by atoms with van der Waals surface area (Å²) in [5.41, 5.74) is 10.1. The van der Waals surface area contributed by atoms with Crippen LogP contribution in [0.15, 0.2) is 18.2 Å². The predicted molar refractivity (Wildman–Crippen MR) is 83.9 cm³/mol. The normalized spacial score (nSPS) is 25.6. The molecule has 0 aliphatic carbocycles. The van der Waals surface area contributed by atoms with Crippen molar-refractivity contribution in [3.05, 3.63) is 34.9 Å². The van der Waals surface area contributed by atoms with Crippen LogP contribution < -0.4 is 5.73 Å². The summed E-state index contributed by atoms with van der Waals surface area (Å²) in [5.74, 6) is 0. The molecule has 0 saturated carbocycles. The molecule has 3 heteroatoms. The van der Waals surface area contributed by atoms with Crippen LogP contribution in [0.2, 0.25) is 0 Å². The standard InChI is InChI=1S/C17H28N2O/c1-5-16-11-20-14(4)10-19(16)17(9-18)15-7-12(2)6-13(3)8-15/h6-8,14,16-17H,5,9-11,18H2,1-4H3. The Labute approximate surface area is 123 Å². The highest BCUT2D eigenvalue weighted by Gasteiger charge is 2.31. The second kappa shape index (κ2) is 6.70. The fraction of sp³-hybridized carbons (Fsp3) is 0.647. The van der Waals surface area contributed by atoms with Gasteiger partial charge in [0.2, 0.25) is 0 Å². The first-order valence-electron chi connectivity index (χ1n) is 7.70. The number of nitrogens with two attached hydrogens (primary N) is 1. The van der Waals surface area contributed by atoms with E-state index in [4.69, 9.17) is 10.5 Å². The summed E-state index contributed by atoms with van der Waals surface area (Å²) in [6.45, 7) is 11.1. The number of ether oxygens (including phenoxy) is 1. The van der Waals surface area contributed by atoms with Crippen molar-refractivity contribution in [1.29, 1.82) is 0 Å². The zero-order valence-electron chi connectivity index (χ0n) is 13.2. The van der Waals surface area contributed by atoms with Gasteiger partial charge >= 0.3 is 0 Å². The van der Waals surface area contributed by atoms with E-state index in [-0.39, 0.29) is 6.10 Å². The third-order valence-corrected chi connectivity index (χ3v) is 4.23. The number of morpholine rings is 1. The maximum Gasteiger partial charge on any atom is 0.0675 e. The summed E-state index contributed by atoms with van der Waals surface area (Å²) in [6.07, 6.45) is 1.39. The molecule has 0 aromatic heterocycles. The monoisotopic (exact) mass is 276 g/mol. The van der Waals surface area contributed by atoms with Gasteiger partial charge in [-0.2, -0.15) is 0 Å². The van der Waals surface area contributed by atoms with Crippen molar-refractivity contribution in [2.75, 3.05) is 19.7 Å².